The number of esters is 1. The van der Waals surface area contributed by atoms with E-state index in [1.54, 1.807) is 6.33 Å². The molecule has 0 aromatic carbocycles. The van der Waals surface area contributed by atoms with Crippen LogP contribution in [0.25, 0.3) is 0 Å². The third kappa shape index (κ3) is 4.06. The molecule has 1 heterocycles. The molecule has 19 heavy (non-hydrogen) atoms. The maximum atomic E-state index is 11.9. The van der Waals surface area contributed by atoms with Crippen molar-refractivity contribution >= 4 is 5.97 Å². The molecule has 2 rings (SSSR count). The van der Waals surface area contributed by atoms with E-state index in [2.05, 4.69) is 17.2 Å². The maximum Gasteiger partial charge on any atom is 0.329 e. The number of ether oxygens (including phenoxy) is 1. The first kappa shape index (κ1) is 14.1. The minimum absolute atomic E-state index is 0.163. The molecule has 5 nitrogen and oxygen atoms in total. The van der Waals surface area contributed by atoms with Gasteiger partial charge in [0.2, 0.25) is 0 Å². The van der Waals surface area contributed by atoms with Crippen molar-refractivity contribution in [1.29, 1.82) is 0 Å². The standard InChI is InChI=1S/C14H23N3O2/c1-3-5-13(14(18)19-4-2)17-9-12(16-10-17)8-15-11-6-7-11/h9-11,13,15H,3-8H2,1-2H3. The lowest BCUT2D eigenvalue weighted by atomic mass is 10.1. The van der Waals surface area contributed by atoms with E-state index in [1.165, 1.54) is 12.8 Å². The number of rotatable bonds is 8. The Morgan fingerprint density at radius 1 is 1.58 bits per heavy atom. The quantitative estimate of drug-likeness (QED) is 0.731. The first-order chi connectivity index (χ1) is 9.24. The number of nitrogens with zero attached hydrogens (tertiary/aromatic N) is 2. The molecular formula is C14H23N3O2. The van der Waals surface area contributed by atoms with Gasteiger partial charge in [-0.1, -0.05) is 13.3 Å². The van der Waals surface area contributed by atoms with Crippen molar-refractivity contribution in [1.82, 2.24) is 14.9 Å². The fourth-order valence-electron chi connectivity index (χ4n) is 2.08. The van der Waals surface area contributed by atoms with Crippen molar-refractivity contribution in [3.05, 3.63) is 18.2 Å². The summed E-state index contributed by atoms with van der Waals surface area (Å²) < 4.78 is 7.01. The van der Waals surface area contributed by atoms with Crippen molar-refractivity contribution in [2.75, 3.05) is 6.61 Å². The Balaban J connectivity index is 1.97. The highest BCUT2D eigenvalue weighted by Crippen LogP contribution is 2.20. The van der Waals surface area contributed by atoms with Crippen LogP contribution in [0.2, 0.25) is 0 Å². The van der Waals surface area contributed by atoms with E-state index < -0.39 is 0 Å². The van der Waals surface area contributed by atoms with E-state index >= 15 is 0 Å². The zero-order chi connectivity index (χ0) is 13.7. The van der Waals surface area contributed by atoms with Gasteiger partial charge in [0.1, 0.15) is 6.04 Å². The average Bonchev–Trinajstić information content (AvgIpc) is 3.12. The summed E-state index contributed by atoms with van der Waals surface area (Å²) in [6.07, 6.45) is 7.94. The van der Waals surface area contributed by atoms with Gasteiger partial charge in [0.15, 0.2) is 0 Å². The number of carbonyl (C=O) groups is 1. The Morgan fingerprint density at radius 2 is 2.37 bits per heavy atom. The molecule has 1 saturated carbocycles. The molecule has 1 atom stereocenters. The molecule has 0 spiro atoms. The Bertz CT molecular complexity index is 413. The van der Waals surface area contributed by atoms with Crippen LogP contribution in [0.4, 0.5) is 0 Å². The van der Waals surface area contributed by atoms with Crippen LogP contribution in [0, 0.1) is 0 Å². The fraction of sp³-hybridized carbons (Fsp3) is 0.714. The molecule has 0 radical (unpaired) electrons. The first-order valence-electron chi connectivity index (χ1n) is 7.17. The van der Waals surface area contributed by atoms with Crippen LogP contribution in [-0.4, -0.2) is 28.2 Å². The normalized spacial score (nSPS) is 16.3. The molecular weight excluding hydrogens is 242 g/mol. The summed E-state index contributed by atoms with van der Waals surface area (Å²) in [5, 5.41) is 3.42. The summed E-state index contributed by atoms with van der Waals surface area (Å²) in [5.74, 6) is -0.163. The average molecular weight is 265 g/mol. The number of carbonyl (C=O) groups excluding carboxylic acids is 1. The van der Waals surface area contributed by atoms with Gasteiger partial charge in [0, 0.05) is 18.8 Å². The van der Waals surface area contributed by atoms with E-state index in [4.69, 9.17) is 4.74 Å². The highest BCUT2D eigenvalue weighted by Gasteiger charge is 2.22. The van der Waals surface area contributed by atoms with Gasteiger partial charge in [-0.2, -0.15) is 0 Å². The fourth-order valence-corrected chi connectivity index (χ4v) is 2.08. The summed E-state index contributed by atoms with van der Waals surface area (Å²) >= 11 is 0. The van der Waals surface area contributed by atoms with Crippen LogP contribution in [0.5, 0.6) is 0 Å². The largest absolute Gasteiger partial charge is 0.464 e. The molecule has 1 aliphatic carbocycles. The van der Waals surface area contributed by atoms with Crippen LogP contribution in [0.15, 0.2) is 12.5 Å². The van der Waals surface area contributed by atoms with Gasteiger partial charge in [-0.3, -0.25) is 0 Å². The summed E-state index contributed by atoms with van der Waals surface area (Å²) in [6, 6.07) is 0.425. The monoisotopic (exact) mass is 265 g/mol. The summed E-state index contributed by atoms with van der Waals surface area (Å²) in [4.78, 5) is 16.3. The predicted octanol–water partition coefficient (Wildman–Crippen LogP) is 2.04. The number of hydrogen-bond donors (Lipinski definition) is 1. The van der Waals surface area contributed by atoms with Crippen molar-refractivity contribution in [2.24, 2.45) is 0 Å². The van der Waals surface area contributed by atoms with Crippen LogP contribution in [0.3, 0.4) is 0 Å². The van der Waals surface area contributed by atoms with E-state index in [0.717, 1.165) is 25.1 Å². The molecule has 1 fully saturated rings. The maximum absolute atomic E-state index is 11.9. The lowest BCUT2D eigenvalue weighted by Crippen LogP contribution is -2.21. The van der Waals surface area contributed by atoms with E-state index in [1.807, 2.05) is 17.7 Å². The highest BCUT2D eigenvalue weighted by molar-refractivity contribution is 5.74. The van der Waals surface area contributed by atoms with E-state index in [0.29, 0.717) is 12.6 Å². The zero-order valence-electron chi connectivity index (χ0n) is 11.8. The molecule has 0 amide bonds. The lowest BCUT2D eigenvalue weighted by Gasteiger charge is -2.15. The molecule has 1 aromatic heterocycles. The number of imidazole rings is 1. The van der Waals surface area contributed by atoms with Gasteiger partial charge in [-0.05, 0) is 26.2 Å². The second-order valence-corrected chi connectivity index (χ2v) is 5.02. The Kier molecular flexibility index (Phi) is 4.96. The summed E-state index contributed by atoms with van der Waals surface area (Å²) in [5.41, 5.74) is 0.984. The molecule has 1 aliphatic rings. The summed E-state index contributed by atoms with van der Waals surface area (Å²) in [7, 11) is 0. The Hall–Kier alpha value is -1.36. The van der Waals surface area contributed by atoms with Gasteiger partial charge >= 0.3 is 5.97 Å². The minimum atomic E-state index is -0.243. The molecule has 1 N–H and O–H groups in total. The van der Waals surface area contributed by atoms with Gasteiger partial charge in [-0.25, -0.2) is 9.78 Å². The first-order valence-corrected chi connectivity index (χ1v) is 7.17. The Labute approximate surface area is 114 Å². The molecule has 0 bridgehead atoms. The van der Waals surface area contributed by atoms with Crippen LogP contribution in [-0.2, 0) is 16.1 Å². The molecule has 1 unspecified atom stereocenters. The van der Waals surface area contributed by atoms with Crippen LogP contribution in [0.1, 0.15) is 51.3 Å². The van der Waals surface area contributed by atoms with Crippen molar-refractivity contribution in [3.8, 4) is 0 Å². The Morgan fingerprint density at radius 3 is 3.00 bits per heavy atom. The van der Waals surface area contributed by atoms with Crippen LogP contribution < -0.4 is 5.32 Å². The van der Waals surface area contributed by atoms with Crippen LogP contribution >= 0.6 is 0 Å². The third-order valence-corrected chi connectivity index (χ3v) is 3.28. The SMILES string of the molecule is CCCC(C(=O)OCC)n1cnc(CNC2CC2)c1. The van der Waals surface area contributed by atoms with Gasteiger partial charge in [-0.15, -0.1) is 0 Å². The molecule has 0 saturated heterocycles. The molecule has 1 aromatic rings. The lowest BCUT2D eigenvalue weighted by molar-refractivity contribution is -0.147. The minimum Gasteiger partial charge on any atom is -0.464 e. The van der Waals surface area contributed by atoms with E-state index in [9.17, 15) is 4.79 Å². The smallest absolute Gasteiger partial charge is 0.329 e. The second kappa shape index (κ2) is 6.70. The zero-order valence-corrected chi connectivity index (χ0v) is 11.8. The van der Waals surface area contributed by atoms with Gasteiger partial charge in [0.25, 0.3) is 0 Å². The molecule has 0 aliphatic heterocycles. The van der Waals surface area contributed by atoms with Crippen molar-refractivity contribution in [2.45, 2.75) is 58.2 Å². The molecule has 106 valence electrons. The number of aromatic nitrogens is 2. The number of nitrogens with one attached hydrogen (secondary N) is 1. The van der Waals surface area contributed by atoms with Crippen molar-refractivity contribution < 1.29 is 9.53 Å². The van der Waals surface area contributed by atoms with Gasteiger partial charge in [0.05, 0.1) is 18.6 Å². The predicted molar refractivity (Wildman–Crippen MR) is 72.7 cm³/mol. The topological polar surface area (TPSA) is 56.2 Å². The van der Waals surface area contributed by atoms with E-state index in [-0.39, 0.29) is 12.0 Å². The summed E-state index contributed by atoms with van der Waals surface area (Å²) in [6.45, 7) is 5.10. The van der Waals surface area contributed by atoms with Gasteiger partial charge < -0.3 is 14.6 Å². The number of hydrogen-bond acceptors (Lipinski definition) is 4. The molecule has 5 heteroatoms. The van der Waals surface area contributed by atoms with Crippen molar-refractivity contribution in [3.63, 3.8) is 0 Å². The highest BCUT2D eigenvalue weighted by atomic mass is 16.5. The third-order valence-electron chi connectivity index (χ3n) is 3.28. The second-order valence-electron chi connectivity index (χ2n) is 5.02.